The van der Waals surface area contributed by atoms with Crippen molar-refractivity contribution in [3.8, 4) is 0 Å². The first kappa shape index (κ1) is 24.3. The minimum absolute atomic E-state index is 0. The summed E-state index contributed by atoms with van der Waals surface area (Å²) in [7, 11) is -4.93. The standard InChI is InChI=1S/C13H14N6O8S2.Na/c20-7(14-6-5-19(11(6)23)29(25,26)27)4-13(2-1-3-28-13)16-10(22)8-9(21)15-12(24)18-17-8;/h1,3,6H,2,4-5H2,(H,14,20)(H,16,22)(H,25,26,27)(H2,15,18,21,24);/q;+1/p-1. The van der Waals surface area contributed by atoms with Crippen LogP contribution in [0.15, 0.2) is 21.1 Å². The number of rotatable bonds is 6. The molecule has 3 rings (SSSR count). The van der Waals surface area contributed by atoms with Crippen molar-refractivity contribution in [2.24, 2.45) is 0 Å². The number of aromatic nitrogens is 3. The smallest absolute Gasteiger partial charge is 0.731 e. The van der Waals surface area contributed by atoms with Gasteiger partial charge in [-0.15, -0.1) is 11.8 Å². The summed E-state index contributed by atoms with van der Waals surface area (Å²) in [6, 6.07) is -1.16. The van der Waals surface area contributed by atoms with Gasteiger partial charge < -0.3 is 15.2 Å². The molecule has 0 spiro atoms. The number of β-lactam (4-membered cyclic amide) rings is 1. The molecule has 1 saturated heterocycles. The van der Waals surface area contributed by atoms with Crippen molar-refractivity contribution in [2.75, 3.05) is 6.54 Å². The zero-order valence-corrected chi connectivity index (χ0v) is 19.0. The molecule has 2 aliphatic heterocycles. The molecule has 2 atom stereocenters. The van der Waals surface area contributed by atoms with Crippen molar-refractivity contribution in [3.63, 3.8) is 0 Å². The topological polar surface area (TPSA) is 214 Å². The number of H-pyrrole nitrogens is 2. The Hall–Kier alpha value is -1.98. The van der Waals surface area contributed by atoms with Crippen LogP contribution < -0.4 is 51.4 Å². The molecule has 0 radical (unpaired) electrons. The molecule has 2 aliphatic rings. The number of carbonyl (C=O) groups is 3. The largest absolute Gasteiger partial charge is 1.00 e. The molecule has 156 valence electrons. The summed E-state index contributed by atoms with van der Waals surface area (Å²) in [6.07, 6.45) is 1.55. The van der Waals surface area contributed by atoms with E-state index in [0.717, 1.165) is 11.8 Å². The summed E-state index contributed by atoms with van der Waals surface area (Å²) in [5.74, 6) is -2.67. The SMILES string of the molecule is O=C(CC1(NC(=O)c2n[nH]c(=O)[nH]c2=O)CC=CS1)NC1CN(S(=O)(=O)[O-])C1=O.[Na+]. The van der Waals surface area contributed by atoms with E-state index in [1.54, 1.807) is 11.5 Å². The van der Waals surface area contributed by atoms with E-state index in [1.807, 2.05) is 10.1 Å². The van der Waals surface area contributed by atoms with Crippen molar-refractivity contribution >= 4 is 39.8 Å². The summed E-state index contributed by atoms with van der Waals surface area (Å²) in [5, 5.41) is 11.7. The van der Waals surface area contributed by atoms with E-state index < -0.39 is 62.4 Å². The van der Waals surface area contributed by atoms with Crippen molar-refractivity contribution < 1.29 is 56.9 Å². The third kappa shape index (κ3) is 5.19. The van der Waals surface area contributed by atoms with Gasteiger partial charge in [-0.25, -0.2) is 22.6 Å². The fourth-order valence-corrected chi connectivity index (χ4v) is 4.37. The molecule has 30 heavy (non-hydrogen) atoms. The second-order valence-electron chi connectivity index (χ2n) is 6.12. The minimum Gasteiger partial charge on any atom is -0.731 e. The van der Waals surface area contributed by atoms with Crippen molar-refractivity contribution in [1.29, 1.82) is 0 Å². The van der Waals surface area contributed by atoms with Crippen LogP contribution in [-0.2, 0) is 19.9 Å². The number of hydrogen-bond donors (Lipinski definition) is 4. The molecule has 0 saturated carbocycles. The number of aromatic amines is 2. The molecule has 17 heteroatoms. The molecule has 3 amide bonds. The maximum Gasteiger partial charge on any atom is 1.00 e. The van der Waals surface area contributed by atoms with Crippen LogP contribution in [0.5, 0.6) is 0 Å². The number of nitrogens with zero attached hydrogens (tertiary/aromatic N) is 2. The summed E-state index contributed by atoms with van der Waals surface area (Å²) < 4.78 is 32.5. The molecule has 3 heterocycles. The zero-order valence-electron chi connectivity index (χ0n) is 15.3. The van der Waals surface area contributed by atoms with Gasteiger partial charge in [0.15, 0.2) is 10.3 Å². The summed E-state index contributed by atoms with van der Waals surface area (Å²) in [4.78, 5) is 59.7. The average molecular weight is 468 g/mol. The second-order valence-corrected chi connectivity index (χ2v) is 8.71. The van der Waals surface area contributed by atoms with E-state index in [1.165, 1.54) is 0 Å². The van der Waals surface area contributed by atoms with Crippen LogP contribution in [0.4, 0.5) is 0 Å². The number of amides is 3. The second kappa shape index (κ2) is 9.03. The first-order chi connectivity index (χ1) is 13.5. The van der Waals surface area contributed by atoms with Crippen LogP contribution in [0, 0.1) is 0 Å². The average Bonchev–Trinajstić information content (AvgIpc) is 3.04. The fourth-order valence-electron chi connectivity index (χ4n) is 2.68. The van der Waals surface area contributed by atoms with Gasteiger partial charge in [0.25, 0.3) is 17.4 Å². The quantitative estimate of drug-likeness (QED) is 0.176. The predicted octanol–water partition coefficient (Wildman–Crippen LogP) is -6.28. The van der Waals surface area contributed by atoms with Gasteiger partial charge >= 0.3 is 35.2 Å². The van der Waals surface area contributed by atoms with Gasteiger partial charge in [-0.1, -0.05) is 6.08 Å². The Kier molecular flexibility index (Phi) is 7.31. The first-order valence-corrected chi connectivity index (χ1v) is 10.2. The number of carbonyl (C=O) groups excluding carboxylic acids is 3. The Morgan fingerprint density at radius 1 is 1.37 bits per heavy atom. The number of nitrogens with one attached hydrogen (secondary N) is 4. The fraction of sp³-hybridized carbons (Fsp3) is 0.385. The molecule has 14 nitrogen and oxygen atoms in total. The third-order valence-corrected chi connectivity index (χ3v) is 6.11. The molecule has 2 unspecified atom stereocenters. The molecular formula is C13H13N6NaO8S2. The van der Waals surface area contributed by atoms with Crippen LogP contribution in [-0.4, -0.2) is 67.6 Å². The summed E-state index contributed by atoms with van der Waals surface area (Å²) in [6.45, 7) is -0.474. The van der Waals surface area contributed by atoms with Crippen LogP contribution in [0.25, 0.3) is 0 Å². The van der Waals surface area contributed by atoms with Crippen LogP contribution >= 0.6 is 11.8 Å². The monoisotopic (exact) mass is 468 g/mol. The Balaban J connectivity index is 0.00000320. The van der Waals surface area contributed by atoms with Crippen molar-refractivity contribution in [3.05, 3.63) is 38.0 Å². The maximum absolute atomic E-state index is 12.4. The van der Waals surface area contributed by atoms with Gasteiger partial charge in [0, 0.05) is 0 Å². The van der Waals surface area contributed by atoms with E-state index in [4.69, 9.17) is 0 Å². The number of thioether (sulfide) groups is 1. The van der Waals surface area contributed by atoms with E-state index in [2.05, 4.69) is 15.7 Å². The summed E-state index contributed by atoms with van der Waals surface area (Å²) in [5.41, 5.74) is -2.51. The Morgan fingerprint density at radius 3 is 2.60 bits per heavy atom. The van der Waals surface area contributed by atoms with E-state index in [-0.39, 0.29) is 46.7 Å². The van der Waals surface area contributed by atoms with Gasteiger partial charge in [-0.2, -0.15) is 5.10 Å². The van der Waals surface area contributed by atoms with Gasteiger partial charge in [0.2, 0.25) is 11.6 Å². The molecule has 4 N–H and O–H groups in total. The maximum atomic E-state index is 12.4. The van der Waals surface area contributed by atoms with Crippen LogP contribution in [0.2, 0.25) is 0 Å². The third-order valence-electron chi connectivity index (χ3n) is 4.05. The van der Waals surface area contributed by atoms with Crippen LogP contribution in [0.1, 0.15) is 23.3 Å². The van der Waals surface area contributed by atoms with Crippen molar-refractivity contribution in [2.45, 2.75) is 23.8 Å². The van der Waals surface area contributed by atoms with Gasteiger partial charge in [0.1, 0.15) is 10.9 Å². The zero-order chi connectivity index (χ0) is 21.4. The molecular weight excluding hydrogens is 455 g/mol. The Bertz CT molecular complexity index is 1120. The predicted molar refractivity (Wildman–Crippen MR) is 95.0 cm³/mol. The first-order valence-electron chi connectivity index (χ1n) is 7.92. The Labute approximate surface area is 194 Å². The van der Waals surface area contributed by atoms with E-state index in [9.17, 15) is 36.9 Å². The van der Waals surface area contributed by atoms with E-state index >= 15 is 0 Å². The van der Waals surface area contributed by atoms with Gasteiger partial charge in [-0.3, -0.25) is 24.2 Å². The molecule has 0 bridgehead atoms. The molecule has 1 aromatic heterocycles. The Morgan fingerprint density at radius 2 is 2.07 bits per heavy atom. The molecule has 0 aliphatic carbocycles. The summed E-state index contributed by atoms with van der Waals surface area (Å²) >= 11 is 1.08. The number of hydrogen-bond acceptors (Lipinski definition) is 10. The normalized spacial score (nSPS) is 22.8. The van der Waals surface area contributed by atoms with Gasteiger partial charge in [0.05, 0.1) is 13.0 Å². The minimum atomic E-state index is -4.93. The molecule has 0 aromatic carbocycles. The molecule has 1 aromatic rings. The van der Waals surface area contributed by atoms with Crippen LogP contribution in [0.3, 0.4) is 0 Å². The van der Waals surface area contributed by atoms with E-state index in [0.29, 0.717) is 0 Å². The van der Waals surface area contributed by atoms with Gasteiger partial charge in [-0.05, 0) is 11.8 Å². The molecule has 1 fully saturated rings. The van der Waals surface area contributed by atoms with Crippen molar-refractivity contribution in [1.82, 2.24) is 30.1 Å².